The molecule has 142 valence electrons. The highest BCUT2D eigenvalue weighted by Crippen LogP contribution is 2.29. The van der Waals surface area contributed by atoms with Crippen molar-refractivity contribution in [3.63, 3.8) is 0 Å². The SMILES string of the molecule is CN(CCOc1ccc(F)cc1)C(=O)[C@@]1(C)CC(c2ccccc2F)=NO1. The van der Waals surface area contributed by atoms with E-state index in [1.54, 1.807) is 32.2 Å². The molecule has 0 bridgehead atoms. The van der Waals surface area contributed by atoms with Crippen LogP contribution in [-0.4, -0.2) is 42.3 Å². The molecular weight excluding hydrogens is 354 g/mol. The number of halogens is 2. The van der Waals surface area contributed by atoms with Crippen LogP contribution in [0, 0.1) is 11.6 Å². The van der Waals surface area contributed by atoms with Crippen LogP contribution >= 0.6 is 0 Å². The smallest absolute Gasteiger partial charge is 0.269 e. The molecule has 7 heteroatoms. The van der Waals surface area contributed by atoms with E-state index in [-0.39, 0.29) is 24.8 Å². The van der Waals surface area contributed by atoms with Crippen molar-refractivity contribution in [3.8, 4) is 5.75 Å². The van der Waals surface area contributed by atoms with Gasteiger partial charge in [0, 0.05) is 19.0 Å². The molecule has 1 heterocycles. The highest BCUT2D eigenvalue weighted by atomic mass is 19.1. The van der Waals surface area contributed by atoms with E-state index in [2.05, 4.69) is 5.16 Å². The third-order valence-electron chi connectivity index (χ3n) is 4.36. The quantitative estimate of drug-likeness (QED) is 0.779. The van der Waals surface area contributed by atoms with Gasteiger partial charge in [-0.15, -0.1) is 0 Å². The molecule has 5 nitrogen and oxygen atoms in total. The number of carbonyl (C=O) groups is 1. The molecular formula is C20H20F2N2O3. The second-order valence-electron chi connectivity index (χ2n) is 6.55. The minimum Gasteiger partial charge on any atom is -0.492 e. The Morgan fingerprint density at radius 2 is 1.93 bits per heavy atom. The summed E-state index contributed by atoms with van der Waals surface area (Å²) < 4.78 is 32.3. The lowest BCUT2D eigenvalue weighted by molar-refractivity contribution is -0.152. The predicted molar refractivity (Wildman–Crippen MR) is 96.6 cm³/mol. The van der Waals surface area contributed by atoms with Gasteiger partial charge >= 0.3 is 0 Å². The van der Waals surface area contributed by atoms with Crippen molar-refractivity contribution in [2.24, 2.45) is 5.16 Å². The average Bonchev–Trinajstić information content (AvgIpc) is 3.06. The van der Waals surface area contributed by atoms with Crippen molar-refractivity contribution in [2.75, 3.05) is 20.2 Å². The summed E-state index contributed by atoms with van der Waals surface area (Å²) in [5, 5.41) is 3.92. The lowest BCUT2D eigenvalue weighted by atomic mass is 9.94. The molecule has 0 spiro atoms. The first kappa shape index (κ1) is 18.8. The van der Waals surface area contributed by atoms with Gasteiger partial charge in [-0.2, -0.15) is 0 Å². The van der Waals surface area contributed by atoms with Crippen LogP contribution in [-0.2, 0) is 9.63 Å². The monoisotopic (exact) mass is 374 g/mol. The minimum atomic E-state index is -1.19. The maximum Gasteiger partial charge on any atom is 0.269 e. The van der Waals surface area contributed by atoms with Crippen LogP contribution in [0.2, 0.25) is 0 Å². The number of hydrogen-bond donors (Lipinski definition) is 0. The van der Waals surface area contributed by atoms with Gasteiger partial charge in [-0.1, -0.05) is 23.4 Å². The maximum absolute atomic E-state index is 13.9. The third kappa shape index (κ3) is 4.24. The summed E-state index contributed by atoms with van der Waals surface area (Å²) in [6.07, 6.45) is 0.177. The number of likely N-dealkylation sites (N-methyl/N-ethyl adjacent to an activating group) is 1. The lowest BCUT2D eigenvalue weighted by Gasteiger charge is -2.27. The lowest BCUT2D eigenvalue weighted by Crippen LogP contribution is -2.46. The summed E-state index contributed by atoms with van der Waals surface area (Å²) in [4.78, 5) is 19.6. The van der Waals surface area contributed by atoms with E-state index in [1.165, 1.54) is 35.2 Å². The Morgan fingerprint density at radius 3 is 2.63 bits per heavy atom. The van der Waals surface area contributed by atoms with Crippen LogP contribution in [0.5, 0.6) is 5.75 Å². The van der Waals surface area contributed by atoms with Crippen molar-refractivity contribution in [2.45, 2.75) is 18.9 Å². The number of oxime groups is 1. The topological polar surface area (TPSA) is 51.1 Å². The van der Waals surface area contributed by atoms with Gasteiger partial charge in [0.1, 0.15) is 24.0 Å². The molecule has 1 aliphatic rings. The average molecular weight is 374 g/mol. The van der Waals surface area contributed by atoms with Gasteiger partial charge in [0.05, 0.1) is 12.3 Å². The number of benzene rings is 2. The molecule has 0 radical (unpaired) electrons. The molecule has 0 saturated carbocycles. The summed E-state index contributed by atoms with van der Waals surface area (Å²) in [7, 11) is 1.63. The van der Waals surface area contributed by atoms with Crippen molar-refractivity contribution in [1.29, 1.82) is 0 Å². The molecule has 0 N–H and O–H groups in total. The summed E-state index contributed by atoms with van der Waals surface area (Å²) >= 11 is 0. The van der Waals surface area contributed by atoms with E-state index in [1.807, 2.05) is 0 Å². The van der Waals surface area contributed by atoms with E-state index in [0.717, 1.165) is 0 Å². The number of hydrogen-bond acceptors (Lipinski definition) is 4. The molecule has 27 heavy (non-hydrogen) atoms. The van der Waals surface area contributed by atoms with Crippen LogP contribution in [0.15, 0.2) is 53.7 Å². The zero-order chi connectivity index (χ0) is 19.4. The Morgan fingerprint density at radius 1 is 1.22 bits per heavy atom. The largest absolute Gasteiger partial charge is 0.492 e. The summed E-state index contributed by atoms with van der Waals surface area (Å²) in [6.45, 7) is 2.18. The van der Waals surface area contributed by atoms with E-state index >= 15 is 0 Å². The van der Waals surface area contributed by atoms with Gasteiger partial charge in [0.25, 0.3) is 5.91 Å². The third-order valence-corrected chi connectivity index (χ3v) is 4.36. The van der Waals surface area contributed by atoms with Crippen molar-refractivity contribution in [3.05, 3.63) is 65.7 Å². The zero-order valence-electron chi connectivity index (χ0n) is 15.1. The molecule has 1 aliphatic heterocycles. The van der Waals surface area contributed by atoms with Gasteiger partial charge in [-0.3, -0.25) is 4.79 Å². The standard InChI is InChI=1S/C20H20F2N2O3/c1-20(13-18(23-27-20)16-5-3-4-6-17(16)22)19(25)24(2)11-12-26-15-9-7-14(21)8-10-15/h3-10H,11-13H2,1-2H3/t20-/m1/s1. The van der Waals surface area contributed by atoms with E-state index in [4.69, 9.17) is 9.57 Å². The minimum absolute atomic E-state index is 0.177. The molecule has 2 aromatic carbocycles. The van der Waals surface area contributed by atoms with Crippen LogP contribution < -0.4 is 4.74 Å². The Hall–Kier alpha value is -2.96. The second kappa shape index (κ2) is 7.73. The molecule has 0 aromatic heterocycles. The normalized spacial score (nSPS) is 18.6. The summed E-state index contributed by atoms with van der Waals surface area (Å²) in [5.41, 5.74) is -0.460. The number of nitrogens with zero attached hydrogens (tertiary/aromatic N) is 2. The first-order valence-corrected chi connectivity index (χ1v) is 8.53. The number of carbonyl (C=O) groups excluding carboxylic acids is 1. The molecule has 1 atom stereocenters. The highest BCUT2D eigenvalue weighted by Gasteiger charge is 2.44. The van der Waals surface area contributed by atoms with Crippen molar-refractivity contribution >= 4 is 11.6 Å². The molecule has 3 rings (SSSR count). The van der Waals surface area contributed by atoms with E-state index < -0.39 is 11.4 Å². The Labute approximate surface area is 156 Å². The fourth-order valence-electron chi connectivity index (χ4n) is 2.83. The zero-order valence-corrected chi connectivity index (χ0v) is 15.1. The van der Waals surface area contributed by atoms with Crippen LogP contribution in [0.3, 0.4) is 0 Å². The first-order chi connectivity index (χ1) is 12.9. The van der Waals surface area contributed by atoms with Crippen molar-refractivity contribution < 1.29 is 23.1 Å². The first-order valence-electron chi connectivity index (χ1n) is 8.53. The molecule has 2 aromatic rings. The molecule has 0 unspecified atom stereocenters. The number of rotatable bonds is 6. The van der Waals surface area contributed by atoms with Gasteiger partial charge < -0.3 is 14.5 Å². The van der Waals surface area contributed by atoms with Gasteiger partial charge in [0.2, 0.25) is 5.60 Å². The van der Waals surface area contributed by atoms with E-state index in [0.29, 0.717) is 23.6 Å². The Balaban J connectivity index is 1.55. The maximum atomic E-state index is 13.9. The summed E-state index contributed by atoms with van der Waals surface area (Å²) in [6, 6.07) is 11.9. The number of ether oxygens (including phenoxy) is 1. The second-order valence-corrected chi connectivity index (χ2v) is 6.55. The highest BCUT2D eigenvalue weighted by molar-refractivity contribution is 6.05. The molecule has 0 aliphatic carbocycles. The van der Waals surface area contributed by atoms with Gasteiger partial charge in [-0.25, -0.2) is 8.78 Å². The van der Waals surface area contributed by atoms with Crippen LogP contribution in [0.25, 0.3) is 0 Å². The number of amides is 1. The van der Waals surface area contributed by atoms with E-state index in [9.17, 15) is 13.6 Å². The Kier molecular flexibility index (Phi) is 5.39. The summed E-state index contributed by atoms with van der Waals surface area (Å²) in [5.74, 6) is -0.504. The Bertz CT molecular complexity index is 855. The van der Waals surface area contributed by atoms with Gasteiger partial charge in [0.15, 0.2) is 0 Å². The van der Waals surface area contributed by atoms with Crippen LogP contribution in [0.1, 0.15) is 18.9 Å². The van der Waals surface area contributed by atoms with Crippen molar-refractivity contribution in [1.82, 2.24) is 4.90 Å². The van der Waals surface area contributed by atoms with Crippen LogP contribution in [0.4, 0.5) is 8.78 Å². The predicted octanol–water partition coefficient (Wildman–Crippen LogP) is 3.39. The molecule has 0 fully saturated rings. The molecule has 0 saturated heterocycles. The molecule has 1 amide bonds. The fourth-order valence-corrected chi connectivity index (χ4v) is 2.83. The fraction of sp³-hybridized carbons (Fsp3) is 0.300. The van der Waals surface area contributed by atoms with Gasteiger partial charge in [-0.05, 0) is 37.3 Å².